The molecule has 1 aliphatic rings. The zero-order valence-corrected chi connectivity index (χ0v) is 13.8. The number of aromatic nitrogens is 3. The van der Waals surface area contributed by atoms with Crippen molar-refractivity contribution in [3.05, 3.63) is 36.5 Å². The van der Waals surface area contributed by atoms with Gasteiger partial charge in [0, 0.05) is 38.4 Å². The topological polar surface area (TPSA) is 57.2 Å². The molecule has 1 fully saturated rings. The molecule has 23 heavy (non-hydrogen) atoms. The van der Waals surface area contributed by atoms with Gasteiger partial charge in [0.25, 0.3) is 0 Å². The average molecular weight is 312 g/mol. The third-order valence-electron chi connectivity index (χ3n) is 3.92. The smallest absolute Gasteiger partial charge is 0.247 e. The molecule has 2 aromatic rings. The summed E-state index contributed by atoms with van der Waals surface area (Å²) >= 11 is 0. The molecule has 3 rings (SSSR count). The Kier molecular flexibility index (Phi) is 4.90. The van der Waals surface area contributed by atoms with Gasteiger partial charge >= 0.3 is 0 Å². The molecule has 0 aliphatic carbocycles. The Hall–Kier alpha value is -2.37. The largest absolute Gasteiger partial charge is 0.368 e. The number of piperazine rings is 1. The van der Waals surface area contributed by atoms with E-state index in [9.17, 15) is 0 Å². The van der Waals surface area contributed by atoms with Crippen LogP contribution in [-0.4, -0.2) is 47.9 Å². The first-order valence-corrected chi connectivity index (χ1v) is 8.21. The summed E-state index contributed by atoms with van der Waals surface area (Å²) in [7, 11) is 0. The van der Waals surface area contributed by atoms with Gasteiger partial charge in [-0.05, 0) is 18.1 Å². The van der Waals surface area contributed by atoms with Gasteiger partial charge in [0.05, 0.1) is 6.20 Å². The van der Waals surface area contributed by atoms with E-state index in [-0.39, 0.29) is 0 Å². The Morgan fingerprint density at radius 3 is 2.43 bits per heavy atom. The number of nitrogens with zero attached hydrogens (tertiary/aromatic N) is 5. The van der Waals surface area contributed by atoms with Crippen LogP contribution in [0.25, 0.3) is 0 Å². The summed E-state index contributed by atoms with van der Waals surface area (Å²) in [5, 5.41) is 11.6. The third-order valence-corrected chi connectivity index (χ3v) is 3.92. The second-order valence-electron chi connectivity index (χ2n) is 6.23. The number of benzene rings is 1. The molecule has 6 heteroatoms. The van der Waals surface area contributed by atoms with Gasteiger partial charge in [-0.1, -0.05) is 32.0 Å². The molecular formula is C17H24N6. The van der Waals surface area contributed by atoms with Gasteiger partial charge in [0.1, 0.15) is 0 Å². The fraction of sp³-hybridized carbons (Fsp3) is 0.471. The monoisotopic (exact) mass is 312 g/mol. The van der Waals surface area contributed by atoms with Crippen molar-refractivity contribution in [1.82, 2.24) is 15.2 Å². The third kappa shape index (κ3) is 4.09. The number of anilines is 3. The minimum Gasteiger partial charge on any atom is -0.368 e. The van der Waals surface area contributed by atoms with E-state index in [1.54, 1.807) is 6.20 Å². The van der Waals surface area contributed by atoms with Crippen LogP contribution in [0, 0.1) is 5.92 Å². The van der Waals surface area contributed by atoms with Crippen molar-refractivity contribution >= 4 is 17.5 Å². The minimum atomic E-state index is 0.572. The van der Waals surface area contributed by atoms with E-state index >= 15 is 0 Å². The first kappa shape index (κ1) is 15.5. The molecule has 1 aliphatic heterocycles. The lowest BCUT2D eigenvalue weighted by Gasteiger charge is -2.35. The fourth-order valence-corrected chi connectivity index (χ4v) is 2.63. The quantitative estimate of drug-likeness (QED) is 0.914. The Morgan fingerprint density at radius 1 is 1.04 bits per heavy atom. The van der Waals surface area contributed by atoms with Crippen molar-refractivity contribution in [3.8, 4) is 0 Å². The van der Waals surface area contributed by atoms with Gasteiger partial charge in [0.2, 0.25) is 5.95 Å². The number of hydrogen-bond acceptors (Lipinski definition) is 6. The molecule has 6 nitrogen and oxygen atoms in total. The van der Waals surface area contributed by atoms with E-state index in [0.717, 1.165) is 38.5 Å². The highest BCUT2D eigenvalue weighted by molar-refractivity contribution is 5.48. The van der Waals surface area contributed by atoms with E-state index in [4.69, 9.17) is 0 Å². The molecule has 1 saturated heterocycles. The highest BCUT2D eigenvalue weighted by atomic mass is 15.4. The van der Waals surface area contributed by atoms with E-state index in [0.29, 0.717) is 11.9 Å². The number of nitrogens with one attached hydrogen (secondary N) is 1. The molecule has 0 bridgehead atoms. The second-order valence-corrected chi connectivity index (χ2v) is 6.23. The van der Waals surface area contributed by atoms with Crippen LogP contribution in [0.2, 0.25) is 0 Å². The molecule has 1 aromatic heterocycles. The molecule has 0 atom stereocenters. The predicted molar refractivity (Wildman–Crippen MR) is 94.0 cm³/mol. The molecule has 0 spiro atoms. The Bertz CT molecular complexity index is 607. The molecule has 2 heterocycles. The normalized spacial score (nSPS) is 15.1. The van der Waals surface area contributed by atoms with Crippen molar-refractivity contribution in [1.29, 1.82) is 0 Å². The second kappa shape index (κ2) is 7.26. The van der Waals surface area contributed by atoms with E-state index in [1.165, 1.54) is 5.69 Å². The molecule has 0 radical (unpaired) electrons. The number of para-hydroxylation sites is 1. The lowest BCUT2D eigenvalue weighted by Crippen LogP contribution is -2.47. The highest BCUT2D eigenvalue weighted by Crippen LogP contribution is 2.18. The van der Waals surface area contributed by atoms with Crippen LogP contribution in [-0.2, 0) is 0 Å². The zero-order chi connectivity index (χ0) is 16.1. The lowest BCUT2D eigenvalue weighted by atomic mass is 10.2. The van der Waals surface area contributed by atoms with E-state index in [2.05, 4.69) is 74.5 Å². The average Bonchev–Trinajstić information content (AvgIpc) is 2.61. The number of hydrogen-bond donors (Lipinski definition) is 1. The maximum Gasteiger partial charge on any atom is 0.247 e. The first-order chi connectivity index (χ1) is 11.2. The standard InChI is InChI=1S/C17H24N6/c1-14(2)12-18-16-13-19-21-17(20-16)23-10-8-22(9-11-23)15-6-4-3-5-7-15/h3-7,13-14H,8-12H2,1-2H3,(H,18,20,21). The highest BCUT2D eigenvalue weighted by Gasteiger charge is 2.19. The molecule has 1 N–H and O–H groups in total. The summed E-state index contributed by atoms with van der Waals surface area (Å²) in [5.74, 6) is 2.09. The summed E-state index contributed by atoms with van der Waals surface area (Å²) in [6.45, 7) is 8.99. The van der Waals surface area contributed by atoms with Crippen LogP contribution in [0.5, 0.6) is 0 Å². The minimum absolute atomic E-state index is 0.572. The lowest BCUT2D eigenvalue weighted by molar-refractivity contribution is 0.634. The van der Waals surface area contributed by atoms with Crippen molar-refractivity contribution < 1.29 is 0 Å². The molecule has 0 saturated carbocycles. The first-order valence-electron chi connectivity index (χ1n) is 8.21. The van der Waals surface area contributed by atoms with Gasteiger partial charge in [-0.2, -0.15) is 10.1 Å². The predicted octanol–water partition coefficient (Wildman–Crippen LogP) is 2.27. The summed E-state index contributed by atoms with van der Waals surface area (Å²) < 4.78 is 0. The fourth-order valence-electron chi connectivity index (χ4n) is 2.63. The van der Waals surface area contributed by atoms with Crippen molar-refractivity contribution in [3.63, 3.8) is 0 Å². The molecule has 1 aromatic carbocycles. The molecule has 122 valence electrons. The van der Waals surface area contributed by atoms with Gasteiger partial charge < -0.3 is 15.1 Å². The van der Waals surface area contributed by atoms with Gasteiger partial charge in [0.15, 0.2) is 5.82 Å². The zero-order valence-electron chi connectivity index (χ0n) is 13.8. The maximum absolute atomic E-state index is 4.59. The van der Waals surface area contributed by atoms with Crippen LogP contribution in [0.4, 0.5) is 17.5 Å². The Balaban J connectivity index is 1.60. The van der Waals surface area contributed by atoms with Crippen LogP contribution in [0.15, 0.2) is 36.5 Å². The summed E-state index contributed by atoms with van der Waals surface area (Å²) in [6.07, 6.45) is 1.69. The molecular weight excluding hydrogens is 288 g/mol. The van der Waals surface area contributed by atoms with Crippen LogP contribution in [0.3, 0.4) is 0 Å². The van der Waals surface area contributed by atoms with Crippen molar-refractivity contribution in [2.24, 2.45) is 5.92 Å². The van der Waals surface area contributed by atoms with E-state index in [1.807, 2.05) is 0 Å². The van der Waals surface area contributed by atoms with Crippen molar-refractivity contribution in [2.75, 3.05) is 47.8 Å². The SMILES string of the molecule is CC(C)CNc1cnnc(N2CCN(c3ccccc3)CC2)n1. The van der Waals surface area contributed by atoms with Gasteiger partial charge in [-0.3, -0.25) is 0 Å². The molecule has 0 amide bonds. The van der Waals surface area contributed by atoms with Crippen LogP contribution in [0.1, 0.15) is 13.8 Å². The summed E-state index contributed by atoms with van der Waals surface area (Å²) in [4.78, 5) is 9.18. The van der Waals surface area contributed by atoms with Crippen LogP contribution >= 0.6 is 0 Å². The Morgan fingerprint density at radius 2 is 1.74 bits per heavy atom. The van der Waals surface area contributed by atoms with Gasteiger partial charge in [-0.25, -0.2) is 0 Å². The van der Waals surface area contributed by atoms with Gasteiger partial charge in [-0.15, -0.1) is 5.10 Å². The molecule has 0 unspecified atom stereocenters. The van der Waals surface area contributed by atoms with Crippen molar-refractivity contribution in [2.45, 2.75) is 13.8 Å². The maximum atomic E-state index is 4.59. The van der Waals surface area contributed by atoms with Crippen LogP contribution < -0.4 is 15.1 Å². The Labute approximate surface area is 137 Å². The van der Waals surface area contributed by atoms with E-state index < -0.39 is 0 Å². The summed E-state index contributed by atoms with van der Waals surface area (Å²) in [5.41, 5.74) is 1.28. The number of rotatable bonds is 5. The summed E-state index contributed by atoms with van der Waals surface area (Å²) in [6, 6.07) is 10.5.